The minimum Gasteiger partial charge on any atom is -0.493 e. The van der Waals surface area contributed by atoms with Gasteiger partial charge in [-0.15, -0.1) is 0 Å². The molecule has 0 fully saturated rings. The summed E-state index contributed by atoms with van der Waals surface area (Å²) in [6.07, 6.45) is 9.06. The SMILES string of the molecule is CCCCC(CC)COc1ccc(C2(c3ccc(OCC(CC)CCCC)cc3)c3cc(B(O)O)ccc3-c3ccc(B(OC(C)(C)C(C)(C)O)OC(C)(C)C(C)(C)O)cc32)cc1. The van der Waals surface area contributed by atoms with Gasteiger partial charge in [-0.2, -0.15) is 0 Å². The summed E-state index contributed by atoms with van der Waals surface area (Å²) in [7, 11) is -2.70. The fourth-order valence-corrected chi connectivity index (χ4v) is 8.27. The summed E-state index contributed by atoms with van der Waals surface area (Å²) < 4.78 is 26.5. The van der Waals surface area contributed by atoms with Gasteiger partial charge in [0, 0.05) is 0 Å². The molecule has 4 aromatic rings. The molecule has 0 bridgehead atoms. The van der Waals surface area contributed by atoms with Crippen molar-refractivity contribution in [2.45, 2.75) is 162 Å². The van der Waals surface area contributed by atoms with E-state index in [1.165, 1.54) is 12.8 Å². The van der Waals surface area contributed by atoms with E-state index in [9.17, 15) is 20.3 Å². The van der Waals surface area contributed by atoms with Crippen LogP contribution in [-0.4, -0.2) is 70.1 Å². The number of unbranched alkanes of at least 4 members (excludes halogenated alkanes) is 2. The highest BCUT2D eigenvalue weighted by molar-refractivity contribution is 6.61. The van der Waals surface area contributed by atoms with Crippen LogP contribution in [0.1, 0.15) is 157 Å². The maximum atomic E-state index is 11.3. The number of hydrogen-bond donors (Lipinski definition) is 4. The van der Waals surface area contributed by atoms with E-state index in [0.717, 1.165) is 83.4 Å². The Hall–Kier alpha value is -3.63. The molecule has 0 amide bonds. The number of fused-ring (bicyclic) bond motifs is 3. The van der Waals surface area contributed by atoms with Crippen LogP contribution in [0.2, 0.25) is 0 Å². The summed E-state index contributed by atoms with van der Waals surface area (Å²) in [6.45, 7) is 24.4. The Morgan fingerprint density at radius 3 is 1.27 bits per heavy atom. The van der Waals surface area contributed by atoms with E-state index in [1.54, 1.807) is 33.8 Å². The van der Waals surface area contributed by atoms with Gasteiger partial charge in [0.2, 0.25) is 0 Å². The van der Waals surface area contributed by atoms with Gasteiger partial charge in [0.25, 0.3) is 0 Å². The van der Waals surface area contributed by atoms with Crippen LogP contribution in [-0.2, 0) is 14.7 Å². The van der Waals surface area contributed by atoms with Crippen molar-refractivity contribution in [1.29, 1.82) is 0 Å². The van der Waals surface area contributed by atoms with Crippen LogP contribution in [0.4, 0.5) is 0 Å². The fraction of sp³-hybridized carbons (Fsp3) is 0.547. The van der Waals surface area contributed by atoms with Crippen molar-refractivity contribution in [3.05, 3.63) is 107 Å². The van der Waals surface area contributed by atoms with Crippen LogP contribution in [0.25, 0.3) is 11.1 Å². The van der Waals surface area contributed by atoms with Crippen molar-refractivity contribution in [3.8, 4) is 22.6 Å². The second-order valence-corrected chi connectivity index (χ2v) is 19.9. The lowest BCUT2D eigenvalue weighted by atomic mass is 9.65. The molecule has 4 N–H and O–H groups in total. The van der Waals surface area contributed by atoms with Crippen molar-refractivity contribution < 1.29 is 39.0 Å². The maximum Gasteiger partial charge on any atom is 0.494 e. The van der Waals surface area contributed by atoms with Gasteiger partial charge in [-0.25, -0.2) is 0 Å². The topological polar surface area (TPSA) is 118 Å². The molecule has 1 aliphatic carbocycles. The van der Waals surface area contributed by atoms with E-state index < -0.39 is 42.1 Å². The van der Waals surface area contributed by atoms with Crippen LogP contribution in [0, 0.1) is 11.8 Å². The van der Waals surface area contributed by atoms with E-state index in [0.29, 0.717) is 36.0 Å². The van der Waals surface area contributed by atoms with Crippen LogP contribution < -0.4 is 20.4 Å². The first-order chi connectivity index (χ1) is 29.6. The van der Waals surface area contributed by atoms with Gasteiger partial charge in [0.1, 0.15) is 11.5 Å². The van der Waals surface area contributed by atoms with Gasteiger partial charge in [0.15, 0.2) is 0 Å². The second kappa shape index (κ2) is 20.7. The zero-order valence-electron chi connectivity index (χ0n) is 40.4. The minimum atomic E-state index is -1.68. The first-order valence-electron chi connectivity index (χ1n) is 23.6. The van der Waals surface area contributed by atoms with E-state index in [2.05, 4.69) is 64.1 Å². The van der Waals surface area contributed by atoms with Gasteiger partial charge >= 0.3 is 14.2 Å². The normalized spacial score (nSPS) is 16.3. The lowest BCUT2D eigenvalue weighted by Crippen LogP contribution is -2.59. The summed E-state index contributed by atoms with van der Waals surface area (Å²) in [6, 6.07) is 28.5. The Morgan fingerprint density at radius 2 is 0.921 bits per heavy atom. The molecule has 5 rings (SSSR count). The molecule has 0 saturated carbocycles. The van der Waals surface area contributed by atoms with Crippen molar-refractivity contribution in [2.24, 2.45) is 11.8 Å². The quantitative estimate of drug-likeness (QED) is 0.0454. The second-order valence-electron chi connectivity index (χ2n) is 19.9. The molecule has 0 aliphatic heterocycles. The number of aliphatic hydroxyl groups is 2. The molecule has 0 spiro atoms. The molecule has 4 aromatic carbocycles. The number of hydrogen-bond acceptors (Lipinski definition) is 8. The third-order valence-corrected chi connectivity index (χ3v) is 14.1. The van der Waals surface area contributed by atoms with Gasteiger partial charge < -0.3 is 39.0 Å². The maximum absolute atomic E-state index is 11.3. The van der Waals surface area contributed by atoms with Gasteiger partial charge in [-0.05, 0) is 149 Å². The highest BCUT2D eigenvalue weighted by Gasteiger charge is 2.50. The van der Waals surface area contributed by atoms with Crippen molar-refractivity contribution in [3.63, 3.8) is 0 Å². The van der Waals surface area contributed by atoms with Crippen LogP contribution in [0.15, 0.2) is 84.9 Å². The Kier molecular flexibility index (Phi) is 16.5. The van der Waals surface area contributed by atoms with E-state index >= 15 is 0 Å². The van der Waals surface area contributed by atoms with Crippen LogP contribution >= 0.6 is 0 Å². The van der Waals surface area contributed by atoms with Crippen LogP contribution in [0.3, 0.4) is 0 Å². The van der Waals surface area contributed by atoms with Crippen molar-refractivity contribution in [2.75, 3.05) is 13.2 Å². The molecule has 8 nitrogen and oxygen atoms in total. The summed E-state index contributed by atoms with van der Waals surface area (Å²) in [5, 5.41) is 43.9. The summed E-state index contributed by atoms with van der Waals surface area (Å²) in [4.78, 5) is 0. The van der Waals surface area contributed by atoms with Crippen molar-refractivity contribution >= 4 is 25.2 Å². The van der Waals surface area contributed by atoms with E-state index in [-0.39, 0.29) is 0 Å². The molecule has 2 atom stereocenters. The van der Waals surface area contributed by atoms with Crippen molar-refractivity contribution in [1.82, 2.24) is 0 Å². The number of rotatable bonds is 24. The minimum absolute atomic E-state index is 0.379. The van der Waals surface area contributed by atoms with E-state index in [4.69, 9.17) is 18.8 Å². The largest absolute Gasteiger partial charge is 0.494 e. The molecular weight excluding hydrogens is 786 g/mol. The highest BCUT2D eigenvalue weighted by Crippen LogP contribution is 2.56. The Bertz CT molecular complexity index is 1970. The monoisotopic (exact) mass is 863 g/mol. The van der Waals surface area contributed by atoms with E-state index in [1.807, 2.05) is 70.2 Å². The Morgan fingerprint density at radius 1 is 0.540 bits per heavy atom. The van der Waals surface area contributed by atoms with Crippen LogP contribution in [0.5, 0.6) is 11.5 Å². The molecule has 2 unspecified atom stereocenters. The smallest absolute Gasteiger partial charge is 0.493 e. The molecule has 342 valence electrons. The van der Waals surface area contributed by atoms with Gasteiger partial charge in [-0.1, -0.05) is 127 Å². The molecule has 0 heterocycles. The first kappa shape index (κ1) is 50.4. The average molecular weight is 863 g/mol. The third-order valence-electron chi connectivity index (χ3n) is 14.1. The predicted molar refractivity (Wildman–Crippen MR) is 259 cm³/mol. The molecule has 10 heteroatoms. The zero-order chi connectivity index (χ0) is 46.4. The van der Waals surface area contributed by atoms with Gasteiger partial charge in [-0.3, -0.25) is 0 Å². The lowest BCUT2D eigenvalue weighted by molar-refractivity contribution is -0.131. The summed E-state index contributed by atoms with van der Waals surface area (Å²) in [5.41, 5.74) is 1.13. The fourth-order valence-electron chi connectivity index (χ4n) is 8.27. The molecule has 0 aromatic heterocycles. The Labute approximate surface area is 380 Å². The number of ether oxygens (including phenoxy) is 2. The summed E-state index contributed by atoms with van der Waals surface area (Å²) in [5.74, 6) is 2.53. The molecular formula is C53H76B2O8. The summed E-state index contributed by atoms with van der Waals surface area (Å²) >= 11 is 0. The number of benzene rings is 4. The molecule has 63 heavy (non-hydrogen) atoms. The Balaban J connectivity index is 1.75. The van der Waals surface area contributed by atoms with Gasteiger partial charge in [0.05, 0.1) is 41.0 Å². The standard InChI is InChI=1S/C53H76B2O8/c1-13-17-19-37(15-3)35-60-43-27-21-39(22-28-43)53(40-23-29-44(30-24-40)61-36-38(16-4)20-18-14-2)47-33-41(54(58)59)25-31-45(47)46-32-26-42(34-48(46)53)55(62-51(9,10)49(5,6)56)63-52(11,12)50(7,8)57/h21-34,37-38,56-59H,13-20,35-36H2,1-12H3. The predicted octanol–water partition coefficient (Wildman–Crippen LogP) is 9.75. The third kappa shape index (κ3) is 11.3. The lowest BCUT2D eigenvalue weighted by Gasteiger charge is -2.44. The zero-order valence-corrected chi connectivity index (χ0v) is 40.4. The first-order valence-corrected chi connectivity index (χ1v) is 23.6. The molecule has 0 radical (unpaired) electrons. The molecule has 1 aliphatic rings. The average Bonchev–Trinajstić information content (AvgIpc) is 3.52. The highest BCUT2D eigenvalue weighted by atomic mass is 16.6. The molecule has 0 saturated heterocycles.